The zero-order valence-corrected chi connectivity index (χ0v) is 39.1. The van der Waals surface area contributed by atoms with Crippen molar-refractivity contribution in [3.05, 3.63) is 142 Å². The van der Waals surface area contributed by atoms with E-state index in [-0.39, 0.29) is 32.5 Å². The Morgan fingerprint density at radius 3 is 1.28 bits per heavy atom. The molecule has 0 bridgehead atoms. The van der Waals surface area contributed by atoms with Gasteiger partial charge in [0, 0.05) is 38.1 Å². The third-order valence-electron chi connectivity index (χ3n) is 14.7. The standard InChI is InChI=1S/C58H64N2/c1-53(2,3)33-17-22-48-40(25-33)41-26-34(54(4,5)6)18-23-49(41)59(48)37-20-21-38-39-31-46-51(32-45(39)57(13,14)44(38)30-37)60-50-24-19-35(55(7,8)9)27-42(50)43-28-36(56(10,11)12)29-47(52(43)60)58(46,15)16/h17-32H,1-16H3. The van der Waals surface area contributed by atoms with Gasteiger partial charge in [0.1, 0.15) is 0 Å². The lowest BCUT2D eigenvalue weighted by molar-refractivity contribution is 0.581. The normalized spacial score (nSPS) is 15.9. The SMILES string of the molecule is CC(C)(C)c1ccc2c(c1)c1cc(C(C)(C)C)ccc1n2-c1ccc2c(c1)C(C)(C)c1cc3c(cc1-2)C(C)(C)c1cc(C(C)(C)C)cc2c4cc(C(C)(C)C)ccc4n-3c12. The van der Waals surface area contributed by atoms with Crippen LogP contribution in [0.4, 0.5) is 0 Å². The summed E-state index contributed by atoms with van der Waals surface area (Å²) in [6.45, 7) is 37.8. The van der Waals surface area contributed by atoms with Gasteiger partial charge in [-0.05, 0) is 144 Å². The van der Waals surface area contributed by atoms with E-state index < -0.39 is 0 Å². The molecule has 1 aliphatic heterocycles. The van der Waals surface area contributed by atoms with E-state index in [0.717, 1.165) is 0 Å². The first-order valence-electron chi connectivity index (χ1n) is 22.4. The highest BCUT2D eigenvalue weighted by Gasteiger charge is 2.42. The van der Waals surface area contributed by atoms with Crippen LogP contribution in [0.1, 0.15) is 155 Å². The second-order valence-corrected chi connectivity index (χ2v) is 23.7. The van der Waals surface area contributed by atoms with Gasteiger partial charge in [-0.25, -0.2) is 0 Å². The highest BCUT2D eigenvalue weighted by atomic mass is 15.0. The number of hydrogen-bond acceptors (Lipinski definition) is 0. The maximum Gasteiger partial charge on any atom is 0.0582 e. The van der Waals surface area contributed by atoms with E-state index in [4.69, 9.17) is 0 Å². The molecule has 10 rings (SSSR count). The van der Waals surface area contributed by atoms with Gasteiger partial charge in [-0.3, -0.25) is 0 Å². The van der Waals surface area contributed by atoms with E-state index in [9.17, 15) is 0 Å². The number of fused-ring (bicyclic) bond motifs is 11. The van der Waals surface area contributed by atoms with Gasteiger partial charge in [0.2, 0.25) is 0 Å². The van der Waals surface area contributed by atoms with E-state index in [2.05, 4.69) is 217 Å². The minimum atomic E-state index is -0.200. The van der Waals surface area contributed by atoms with Gasteiger partial charge in [0.05, 0.1) is 27.8 Å². The van der Waals surface area contributed by atoms with Gasteiger partial charge < -0.3 is 9.13 Å². The fourth-order valence-electron chi connectivity index (χ4n) is 10.7. The van der Waals surface area contributed by atoms with Crippen LogP contribution in [0.3, 0.4) is 0 Å². The quantitative estimate of drug-likeness (QED) is 0.157. The summed E-state index contributed by atoms with van der Waals surface area (Å²) in [5.41, 5.74) is 21.4. The summed E-state index contributed by atoms with van der Waals surface area (Å²) in [4.78, 5) is 0. The zero-order chi connectivity index (χ0) is 43.0. The molecule has 2 aromatic heterocycles. The molecular formula is C58H64N2. The lowest BCUT2D eigenvalue weighted by atomic mass is 9.71. The molecule has 60 heavy (non-hydrogen) atoms. The lowest BCUT2D eigenvalue weighted by Crippen LogP contribution is -2.28. The zero-order valence-electron chi connectivity index (χ0n) is 39.1. The van der Waals surface area contributed by atoms with Crippen molar-refractivity contribution < 1.29 is 0 Å². The van der Waals surface area contributed by atoms with Crippen LogP contribution in [0, 0.1) is 0 Å². The number of aromatic nitrogens is 2. The predicted octanol–water partition coefficient (Wildman–Crippen LogP) is 16.0. The Labute approximate surface area is 358 Å². The fourth-order valence-corrected chi connectivity index (χ4v) is 10.7. The highest BCUT2D eigenvalue weighted by Crippen LogP contribution is 2.56. The summed E-state index contributed by atoms with van der Waals surface area (Å²) in [6, 6.07) is 39.1. The Hall–Kier alpha value is -5.08. The Morgan fingerprint density at radius 1 is 0.350 bits per heavy atom. The van der Waals surface area contributed by atoms with Gasteiger partial charge in [0.25, 0.3) is 0 Å². The second-order valence-electron chi connectivity index (χ2n) is 23.7. The summed E-state index contributed by atoms with van der Waals surface area (Å²) >= 11 is 0. The smallest absolute Gasteiger partial charge is 0.0582 e. The van der Waals surface area contributed by atoms with Gasteiger partial charge in [-0.2, -0.15) is 0 Å². The van der Waals surface area contributed by atoms with E-state index in [1.165, 1.54) is 111 Å². The van der Waals surface area contributed by atoms with Crippen LogP contribution in [-0.4, -0.2) is 9.13 Å². The van der Waals surface area contributed by atoms with Crippen LogP contribution in [0.15, 0.2) is 97.1 Å². The summed E-state index contributed by atoms with van der Waals surface area (Å²) in [5.74, 6) is 0. The second kappa shape index (κ2) is 11.8. The Balaban J connectivity index is 1.21. The predicted molar refractivity (Wildman–Crippen MR) is 260 cm³/mol. The summed E-state index contributed by atoms with van der Waals surface area (Å²) in [5, 5.41) is 5.39. The molecule has 0 atom stereocenters. The molecule has 0 N–H and O–H groups in total. The molecule has 0 amide bonds. The third-order valence-corrected chi connectivity index (χ3v) is 14.7. The van der Waals surface area contributed by atoms with Crippen LogP contribution in [0.5, 0.6) is 0 Å². The topological polar surface area (TPSA) is 9.86 Å². The molecule has 0 saturated heterocycles. The molecular weight excluding hydrogens is 725 g/mol. The molecule has 306 valence electrons. The molecule has 0 fully saturated rings. The van der Waals surface area contributed by atoms with E-state index in [1.54, 1.807) is 0 Å². The molecule has 2 heteroatoms. The molecule has 0 radical (unpaired) electrons. The van der Waals surface area contributed by atoms with Crippen molar-refractivity contribution in [3.63, 3.8) is 0 Å². The van der Waals surface area contributed by atoms with E-state index >= 15 is 0 Å². The molecule has 6 aromatic carbocycles. The van der Waals surface area contributed by atoms with Crippen LogP contribution in [-0.2, 0) is 32.5 Å². The molecule has 8 aromatic rings. The van der Waals surface area contributed by atoms with E-state index in [1.807, 2.05) is 0 Å². The van der Waals surface area contributed by atoms with Crippen LogP contribution < -0.4 is 0 Å². The van der Waals surface area contributed by atoms with Crippen molar-refractivity contribution in [2.45, 2.75) is 143 Å². The first-order valence-corrected chi connectivity index (χ1v) is 22.4. The van der Waals surface area contributed by atoms with Crippen molar-refractivity contribution in [3.8, 4) is 22.5 Å². The molecule has 0 saturated carbocycles. The molecule has 0 spiro atoms. The molecule has 2 aliphatic rings. The number of hydrogen-bond donors (Lipinski definition) is 0. The molecule has 3 heterocycles. The minimum absolute atomic E-state index is 0.0237. The minimum Gasteiger partial charge on any atom is -0.309 e. The number of nitrogens with zero attached hydrogens (tertiary/aromatic N) is 2. The van der Waals surface area contributed by atoms with Gasteiger partial charge in [-0.1, -0.05) is 141 Å². The summed E-state index contributed by atoms with van der Waals surface area (Å²) in [6.07, 6.45) is 0. The van der Waals surface area contributed by atoms with Gasteiger partial charge >= 0.3 is 0 Å². The lowest BCUT2D eigenvalue weighted by Gasteiger charge is -2.37. The fraction of sp³-hybridized carbons (Fsp3) is 0.379. The Kier molecular flexibility index (Phi) is 7.71. The van der Waals surface area contributed by atoms with Crippen molar-refractivity contribution in [1.82, 2.24) is 9.13 Å². The maximum atomic E-state index is 2.63. The molecule has 1 aliphatic carbocycles. The first-order chi connectivity index (χ1) is 27.8. The van der Waals surface area contributed by atoms with Crippen LogP contribution in [0.25, 0.3) is 66.1 Å². The first kappa shape index (κ1) is 39.1. The van der Waals surface area contributed by atoms with Gasteiger partial charge in [-0.15, -0.1) is 0 Å². The van der Waals surface area contributed by atoms with Crippen LogP contribution >= 0.6 is 0 Å². The van der Waals surface area contributed by atoms with Crippen molar-refractivity contribution in [2.24, 2.45) is 0 Å². The number of benzene rings is 6. The monoisotopic (exact) mass is 789 g/mol. The average Bonchev–Trinajstić information content (AvgIpc) is 3.74. The Morgan fingerprint density at radius 2 is 0.783 bits per heavy atom. The van der Waals surface area contributed by atoms with Crippen LogP contribution in [0.2, 0.25) is 0 Å². The maximum absolute atomic E-state index is 2.63. The third kappa shape index (κ3) is 5.37. The largest absolute Gasteiger partial charge is 0.309 e. The average molecular weight is 789 g/mol. The van der Waals surface area contributed by atoms with E-state index in [0.29, 0.717) is 0 Å². The van der Waals surface area contributed by atoms with Gasteiger partial charge in [0.15, 0.2) is 0 Å². The molecule has 0 unspecified atom stereocenters. The highest BCUT2D eigenvalue weighted by molar-refractivity contribution is 6.13. The Bertz CT molecular complexity index is 3090. The van der Waals surface area contributed by atoms with Crippen molar-refractivity contribution in [2.75, 3.05) is 0 Å². The van der Waals surface area contributed by atoms with Crippen molar-refractivity contribution in [1.29, 1.82) is 0 Å². The van der Waals surface area contributed by atoms with Crippen molar-refractivity contribution >= 4 is 43.6 Å². The summed E-state index contributed by atoms with van der Waals surface area (Å²) in [7, 11) is 0. The molecule has 2 nitrogen and oxygen atoms in total. The number of rotatable bonds is 1. The summed E-state index contributed by atoms with van der Waals surface area (Å²) < 4.78 is 5.15.